The summed E-state index contributed by atoms with van der Waals surface area (Å²) in [5.41, 5.74) is 9.42. The topological polar surface area (TPSA) is 45.4 Å². The van der Waals surface area contributed by atoms with Crippen LogP contribution in [-0.4, -0.2) is 54.1 Å². The number of nitrogens with two attached hydrogens (primary N) is 1. The predicted molar refractivity (Wildman–Crippen MR) is 108 cm³/mol. The first kappa shape index (κ1) is 17.5. The minimum absolute atomic E-state index is 0.582. The van der Waals surface area contributed by atoms with Gasteiger partial charge in [-0.05, 0) is 56.0 Å². The van der Waals surface area contributed by atoms with E-state index < -0.39 is 0 Å². The van der Waals surface area contributed by atoms with Crippen molar-refractivity contribution in [1.29, 1.82) is 0 Å². The van der Waals surface area contributed by atoms with E-state index in [1.807, 2.05) is 18.2 Å². The first-order chi connectivity index (χ1) is 12.7. The lowest BCUT2D eigenvalue weighted by Crippen LogP contribution is -2.50. The van der Waals surface area contributed by atoms with Crippen LogP contribution in [0, 0.1) is 5.92 Å². The van der Waals surface area contributed by atoms with Crippen molar-refractivity contribution < 1.29 is 0 Å². The monoisotopic (exact) mass is 350 g/mol. The van der Waals surface area contributed by atoms with Crippen molar-refractivity contribution >= 4 is 5.82 Å². The molecule has 1 saturated heterocycles. The Morgan fingerprint density at radius 1 is 1.04 bits per heavy atom. The number of hydrogen-bond acceptors (Lipinski definition) is 4. The molecule has 4 nitrogen and oxygen atoms in total. The van der Waals surface area contributed by atoms with Gasteiger partial charge in [0.15, 0.2) is 0 Å². The minimum Gasteiger partial charge on any atom is -0.384 e. The molecule has 2 aliphatic rings. The number of anilines is 1. The standard InChI is InChI=1S/C22H30N4/c1-25-11-13-26(14-12-25)21-9-3-7-19(21)16-17-5-2-6-18(15-17)20-8-4-10-22(23)24-20/h2,4-6,8,10,15,19,21H,3,7,9,11-14,16H2,1H3,(H2,23,24). The lowest BCUT2D eigenvalue weighted by molar-refractivity contribution is 0.0919. The Hall–Kier alpha value is -1.91. The highest BCUT2D eigenvalue weighted by atomic mass is 15.3. The molecule has 1 aliphatic carbocycles. The number of hydrogen-bond donors (Lipinski definition) is 1. The Morgan fingerprint density at radius 3 is 2.65 bits per heavy atom. The van der Waals surface area contributed by atoms with Gasteiger partial charge in [0.1, 0.15) is 5.82 Å². The number of piperazine rings is 1. The Balaban J connectivity index is 1.47. The van der Waals surface area contributed by atoms with E-state index in [0.29, 0.717) is 5.82 Å². The van der Waals surface area contributed by atoms with Crippen molar-refractivity contribution in [1.82, 2.24) is 14.8 Å². The Kier molecular flexibility index (Phi) is 5.23. The van der Waals surface area contributed by atoms with E-state index in [-0.39, 0.29) is 0 Å². The van der Waals surface area contributed by atoms with Gasteiger partial charge in [0.05, 0.1) is 5.69 Å². The van der Waals surface area contributed by atoms with Crippen molar-refractivity contribution in [2.24, 2.45) is 5.92 Å². The molecule has 4 heteroatoms. The van der Waals surface area contributed by atoms with Crippen LogP contribution >= 0.6 is 0 Å². The lowest BCUT2D eigenvalue weighted by Gasteiger charge is -2.39. The molecule has 0 spiro atoms. The summed E-state index contributed by atoms with van der Waals surface area (Å²) in [6.07, 6.45) is 5.27. The van der Waals surface area contributed by atoms with Gasteiger partial charge in [-0.3, -0.25) is 4.90 Å². The molecule has 0 bridgehead atoms. The molecule has 2 fully saturated rings. The van der Waals surface area contributed by atoms with Crippen molar-refractivity contribution in [3.05, 3.63) is 48.0 Å². The number of pyridine rings is 1. The van der Waals surface area contributed by atoms with E-state index in [0.717, 1.165) is 17.7 Å². The molecule has 0 radical (unpaired) electrons. The molecule has 1 saturated carbocycles. The fourth-order valence-electron chi connectivity index (χ4n) is 4.66. The third-order valence-corrected chi connectivity index (χ3v) is 6.12. The number of benzene rings is 1. The smallest absolute Gasteiger partial charge is 0.124 e. The Labute approximate surface area is 157 Å². The molecule has 26 heavy (non-hydrogen) atoms. The van der Waals surface area contributed by atoms with E-state index in [1.165, 1.54) is 63.0 Å². The van der Waals surface area contributed by atoms with Gasteiger partial charge in [-0.1, -0.05) is 30.7 Å². The molecule has 1 aliphatic heterocycles. The van der Waals surface area contributed by atoms with Crippen LogP contribution in [0.25, 0.3) is 11.3 Å². The highest BCUT2D eigenvalue weighted by Crippen LogP contribution is 2.33. The molecular formula is C22H30N4. The number of nitrogen functional groups attached to an aromatic ring is 1. The Bertz CT molecular complexity index is 736. The molecule has 138 valence electrons. The fraction of sp³-hybridized carbons (Fsp3) is 0.500. The molecule has 2 heterocycles. The summed E-state index contributed by atoms with van der Waals surface area (Å²) >= 11 is 0. The van der Waals surface area contributed by atoms with E-state index in [9.17, 15) is 0 Å². The molecule has 2 atom stereocenters. The molecular weight excluding hydrogens is 320 g/mol. The van der Waals surface area contributed by atoms with Crippen LogP contribution in [0.5, 0.6) is 0 Å². The molecule has 1 aromatic heterocycles. The zero-order chi connectivity index (χ0) is 17.9. The zero-order valence-corrected chi connectivity index (χ0v) is 15.8. The quantitative estimate of drug-likeness (QED) is 0.919. The van der Waals surface area contributed by atoms with Crippen LogP contribution in [0.3, 0.4) is 0 Å². The highest BCUT2D eigenvalue weighted by molar-refractivity contribution is 5.61. The lowest BCUT2D eigenvalue weighted by atomic mass is 9.92. The van der Waals surface area contributed by atoms with Crippen molar-refractivity contribution in [2.75, 3.05) is 39.0 Å². The largest absolute Gasteiger partial charge is 0.384 e. The second-order valence-corrected chi connectivity index (χ2v) is 7.95. The normalized spacial score (nSPS) is 24.8. The van der Waals surface area contributed by atoms with Crippen LogP contribution in [0.1, 0.15) is 24.8 Å². The van der Waals surface area contributed by atoms with Gasteiger partial charge < -0.3 is 10.6 Å². The van der Waals surface area contributed by atoms with Gasteiger partial charge in [0.25, 0.3) is 0 Å². The molecule has 2 N–H and O–H groups in total. The molecule has 4 rings (SSSR count). The third kappa shape index (κ3) is 3.92. The number of nitrogens with zero attached hydrogens (tertiary/aromatic N) is 3. The van der Waals surface area contributed by atoms with Gasteiger partial charge in [-0.25, -0.2) is 4.98 Å². The highest BCUT2D eigenvalue weighted by Gasteiger charge is 2.33. The predicted octanol–water partition coefficient (Wildman–Crippen LogP) is 3.29. The third-order valence-electron chi connectivity index (χ3n) is 6.12. The molecule has 2 unspecified atom stereocenters. The van der Waals surface area contributed by atoms with Gasteiger partial charge >= 0.3 is 0 Å². The zero-order valence-electron chi connectivity index (χ0n) is 15.8. The Morgan fingerprint density at radius 2 is 1.85 bits per heavy atom. The maximum Gasteiger partial charge on any atom is 0.124 e. The van der Waals surface area contributed by atoms with Gasteiger partial charge in [-0.2, -0.15) is 0 Å². The van der Waals surface area contributed by atoms with Crippen LogP contribution in [0.4, 0.5) is 5.82 Å². The first-order valence-electron chi connectivity index (χ1n) is 9.93. The van der Waals surface area contributed by atoms with Crippen LogP contribution < -0.4 is 5.73 Å². The summed E-state index contributed by atoms with van der Waals surface area (Å²) in [5.74, 6) is 1.36. The maximum absolute atomic E-state index is 5.86. The fourth-order valence-corrected chi connectivity index (χ4v) is 4.66. The van der Waals surface area contributed by atoms with E-state index >= 15 is 0 Å². The SMILES string of the molecule is CN1CCN(C2CCCC2Cc2cccc(-c3cccc(N)n3)c2)CC1. The number of rotatable bonds is 4. The summed E-state index contributed by atoms with van der Waals surface area (Å²) in [7, 11) is 2.24. The average Bonchev–Trinajstić information content (AvgIpc) is 3.11. The summed E-state index contributed by atoms with van der Waals surface area (Å²) in [4.78, 5) is 9.67. The summed E-state index contributed by atoms with van der Waals surface area (Å²) in [6.45, 7) is 4.87. The van der Waals surface area contributed by atoms with Gasteiger partial charge in [0, 0.05) is 37.8 Å². The first-order valence-corrected chi connectivity index (χ1v) is 9.93. The maximum atomic E-state index is 5.86. The van der Waals surface area contributed by atoms with Gasteiger partial charge in [0.2, 0.25) is 0 Å². The van der Waals surface area contributed by atoms with Gasteiger partial charge in [-0.15, -0.1) is 0 Å². The molecule has 1 aromatic carbocycles. The van der Waals surface area contributed by atoms with E-state index in [2.05, 4.69) is 46.1 Å². The van der Waals surface area contributed by atoms with Crippen molar-refractivity contribution in [2.45, 2.75) is 31.7 Å². The van der Waals surface area contributed by atoms with Crippen LogP contribution in [0.2, 0.25) is 0 Å². The summed E-state index contributed by atoms with van der Waals surface area (Å²) < 4.78 is 0. The second-order valence-electron chi connectivity index (χ2n) is 7.95. The van der Waals surface area contributed by atoms with E-state index in [4.69, 9.17) is 5.73 Å². The minimum atomic E-state index is 0.582. The molecule has 2 aromatic rings. The molecule has 0 amide bonds. The average molecular weight is 351 g/mol. The number of likely N-dealkylation sites (N-methyl/N-ethyl adjacent to an activating group) is 1. The summed E-state index contributed by atoms with van der Waals surface area (Å²) in [6, 6.07) is 15.5. The van der Waals surface area contributed by atoms with Crippen LogP contribution in [-0.2, 0) is 6.42 Å². The second kappa shape index (κ2) is 7.77. The summed E-state index contributed by atoms with van der Waals surface area (Å²) in [5, 5.41) is 0. The van der Waals surface area contributed by atoms with Crippen LogP contribution in [0.15, 0.2) is 42.5 Å². The van der Waals surface area contributed by atoms with Crippen molar-refractivity contribution in [3.63, 3.8) is 0 Å². The number of aromatic nitrogens is 1. The van der Waals surface area contributed by atoms with Crippen molar-refractivity contribution in [3.8, 4) is 11.3 Å². The van der Waals surface area contributed by atoms with E-state index in [1.54, 1.807) is 0 Å².